The fourth-order valence-corrected chi connectivity index (χ4v) is 2.37. The van der Waals surface area contributed by atoms with E-state index in [1.54, 1.807) is 25.1 Å². The maximum atomic E-state index is 11.5. The fourth-order valence-electron chi connectivity index (χ4n) is 2.37. The van der Waals surface area contributed by atoms with E-state index in [9.17, 15) is 9.90 Å². The molecule has 1 aromatic rings. The molecule has 4 nitrogen and oxygen atoms in total. The zero-order valence-corrected chi connectivity index (χ0v) is 8.84. The second kappa shape index (κ2) is 3.14. The highest BCUT2D eigenvalue weighted by molar-refractivity contribution is 5.80. The Kier molecular flexibility index (Phi) is 1.87. The molecule has 1 aliphatic carbocycles. The van der Waals surface area contributed by atoms with Crippen LogP contribution in [0.5, 0.6) is 11.5 Å². The number of benzene rings is 1. The van der Waals surface area contributed by atoms with Gasteiger partial charge in [-0.1, -0.05) is 0 Å². The number of aromatic hydroxyl groups is 1. The van der Waals surface area contributed by atoms with Gasteiger partial charge in [0.25, 0.3) is 0 Å². The molecule has 0 saturated heterocycles. The normalized spacial score (nSPS) is 28.9. The number of hydrogen-bond acceptors (Lipinski definition) is 4. The van der Waals surface area contributed by atoms with Gasteiger partial charge in [0, 0.05) is 11.5 Å². The lowest BCUT2D eigenvalue weighted by Crippen LogP contribution is -2.13. The minimum Gasteiger partial charge on any atom is -0.508 e. The van der Waals surface area contributed by atoms with E-state index in [1.807, 2.05) is 0 Å². The van der Waals surface area contributed by atoms with Crippen molar-refractivity contribution in [3.05, 3.63) is 23.8 Å². The lowest BCUT2D eigenvalue weighted by Gasteiger charge is -2.07. The number of fused-ring (bicyclic) bond motifs is 3. The molecule has 2 unspecified atom stereocenters. The molecule has 84 valence electrons. The Balaban J connectivity index is 1.84. The van der Waals surface area contributed by atoms with Crippen LogP contribution in [0.25, 0.3) is 0 Å². The average molecular weight is 220 g/mol. The molecule has 3 rings (SSSR count). The Morgan fingerprint density at radius 1 is 1.56 bits per heavy atom. The Hall–Kier alpha value is -1.71. The molecule has 4 heteroatoms. The summed E-state index contributed by atoms with van der Waals surface area (Å²) < 4.78 is 10.6. The van der Waals surface area contributed by atoms with Crippen molar-refractivity contribution in [1.82, 2.24) is 0 Å². The van der Waals surface area contributed by atoms with Crippen LogP contribution in [0.15, 0.2) is 18.2 Å². The molecule has 1 aliphatic heterocycles. The van der Waals surface area contributed by atoms with E-state index in [-0.39, 0.29) is 29.7 Å². The standard InChI is InChI=1S/C12H12O4/c1-2-15-12(14)10-9-7-5-6(13)3-4-8(7)16-11(9)10/h3-5,9-11,13H,2H2,1H3/t9?,10-,11?/m0/s1. The van der Waals surface area contributed by atoms with Crippen LogP contribution >= 0.6 is 0 Å². The third-order valence-electron chi connectivity index (χ3n) is 3.13. The summed E-state index contributed by atoms with van der Waals surface area (Å²) >= 11 is 0. The van der Waals surface area contributed by atoms with E-state index in [0.29, 0.717) is 6.61 Å². The van der Waals surface area contributed by atoms with Crippen molar-refractivity contribution in [2.75, 3.05) is 6.61 Å². The van der Waals surface area contributed by atoms with Gasteiger partial charge in [0.1, 0.15) is 23.5 Å². The van der Waals surface area contributed by atoms with Crippen molar-refractivity contribution in [1.29, 1.82) is 0 Å². The first-order valence-corrected chi connectivity index (χ1v) is 5.38. The molecule has 0 amide bonds. The van der Waals surface area contributed by atoms with Gasteiger partial charge in [0.05, 0.1) is 6.61 Å². The molecule has 0 spiro atoms. The Morgan fingerprint density at radius 3 is 3.12 bits per heavy atom. The van der Waals surface area contributed by atoms with E-state index in [4.69, 9.17) is 9.47 Å². The summed E-state index contributed by atoms with van der Waals surface area (Å²) in [6.07, 6.45) is -0.0872. The first-order chi connectivity index (χ1) is 7.72. The summed E-state index contributed by atoms with van der Waals surface area (Å²) in [4.78, 5) is 11.5. The lowest BCUT2D eigenvalue weighted by molar-refractivity contribution is -0.145. The molecule has 1 aromatic carbocycles. The van der Waals surface area contributed by atoms with Crippen LogP contribution in [-0.2, 0) is 9.53 Å². The number of hydrogen-bond donors (Lipinski definition) is 1. The van der Waals surface area contributed by atoms with Crippen molar-refractivity contribution in [3.8, 4) is 11.5 Å². The first kappa shape index (κ1) is 9.51. The van der Waals surface area contributed by atoms with E-state index in [1.165, 1.54) is 0 Å². The minimum absolute atomic E-state index is 0.0705. The van der Waals surface area contributed by atoms with E-state index in [2.05, 4.69) is 0 Å². The second-order valence-electron chi connectivity index (χ2n) is 4.11. The SMILES string of the molecule is CCOC(=O)[C@@H]1C2Oc3ccc(O)cc3C21. The highest BCUT2D eigenvalue weighted by atomic mass is 16.5. The fraction of sp³-hybridized carbons (Fsp3) is 0.417. The van der Waals surface area contributed by atoms with Crippen LogP contribution in [0.2, 0.25) is 0 Å². The molecule has 0 radical (unpaired) electrons. The van der Waals surface area contributed by atoms with Crippen LogP contribution in [0, 0.1) is 5.92 Å². The molecule has 0 aromatic heterocycles. The highest BCUT2D eigenvalue weighted by Gasteiger charge is 2.63. The predicted molar refractivity (Wildman–Crippen MR) is 55.4 cm³/mol. The molecule has 1 heterocycles. The Bertz CT molecular complexity index is 454. The van der Waals surface area contributed by atoms with Gasteiger partial charge in [-0.25, -0.2) is 0 Å². The highest BCUT2D eigenvalue weighted by Crippen LogP contribution is 2.59. The van der Waals surface area contributed by atoms with Gasteiger partial charge in [-0.15, -0.1) is 0 Å². The summed E-state index contributed by atoms with van der Waals surface area (Å²) in [7, 11) is 0. The van der Waals surface area contributed by atoms with Gasteiger partial charge in [-0.2, -0.15) is 0 Å². The molecule has 1 saturated carbocycles. The summed E-state index contributed by atoms with van der Waals surface area (Å²) in [6, 6.07) is 4.99. The van der Waals surface area contributed by atoms with Crippen molar-refractivity contribution in [3.63, 3.8) is 0 Å². The predicted octanol–water partition coefficient (Wildman–Crippen LogP) is 1.43. The van der Waals surface area contributed by atoms with Gasteiger partial charge < -0.3 is 14.6 Å². The third-order valence-corrected chi connectivity index (χ3v) is 3.13. The topological polar surface area (TPSA) is 55.8 Å². The van der Waals surface area contributed by atoms with Crippen LogP contribution in [0.3, 0.4) is 0 Å². The number of carbonyl (C=O) groups excluding carboxylic acids is 1. The van der Waals surface area contributed by atoms with Crippen LogP contribution in [0.1, 0.15) is 18.4 Å². The summed E-state index contributed by atoms with van der Waals surface area (Å²) in [6.45, 7) is 2.18. The average Bonchev–Trinajstić information content (AvgIpc) is 2.85. The summed E-state index contributed by atoms with van der Waals surface area (Å²) in [5, 5.41) is 9.39. The van der Waals surface area contributed by atoms with Crippen molar-refractivity contribution in [2.24, 2.45) is 5.92 Å². The monoisotopic (exact) mass is 220 g/mol. The molecule has 1 N–H and O–H groups in total. The molecule has 2 aliphatic rings. The number of phenols is 1. The van der Waals surface area contributed by atoms with Gasteiger partial charge >= 0.3 is 5.97 Å². The van der Waals surface area contributed by atoms with Crippen LogP contribution in [0.4, 0.5) is 0 Å². The number of ether oxygens (including phenoxy) is 2. The molecule has 0 bridgehead atoms. The Morgan fingerprint density at radius 2 is 2.38 bits per heavy atom. The van der Waals surface area contributed by atoms with Gasteiger partial charge in [0.15, 0.2) is 0 Å². The quantitative estimate of drug-likeness (QED) is 0.766. The van der Waals surface area contributed by atoms with Gasteiger partial charge in [0.2, 0.25) is 0 Å². The van der Waals surface area contributed by atoms with Gasteiger partial charge in [-0.05, 0) is 25.1 Å². The number of rotatable bonds is 2. The molecule has 16 heavy (non-hydrogen) atoms. The van der Waals surface area contributed by atoms with Crippen LogP contribution < -0.4 is 4.74 Å². The van der Waals surface area contributed by atoms with Crippen molar-refractivity contribution in [2.45, 2.75) is 18.9 Å². The van der Waals surface area contributed by atoms with Gasteiger partial charge in [-0.3, -0.25) is 4.79 Å². The van der Waals surface area contributed by atoms with E-state index < -0.39 is 0 Å². The lowest BCUT2D eigenvalue weighted by atomic mass is 10.1. The zero-order valence-electron chi connectivity index (χ0n) is 8.84. The number of phenolic OH excluding ortho intramolecular Hbond substituents is 1. The first-order valence-electron chi connectivity index (χ1n) is 5.38. The third kappa shape index (κ3) is 1.19. The summed E-state index contributed by atoms with van der Waals surface area (Å²) in [5.41, 5.74) is 0.919. The molecular formula is C12H12O4. The van der Waals surface area contributed by atoms with E-state index in [0.717, 1.165) is 11.3 Å². The van der Waals surface area contributed by atoms with E-state index >= 15 is 0 Å². The summed E-state index contributed by atoms with van der Waals surface area (Å²) in [5.74, 6) is 0.660. The van der Waals surface area contributed by atoms with Crippen LogP contribution in [-0.4, -0.2) is 23.8 Å². The maximum absolute atomic E-state index is 11.5. The number of esters is 1. The number of carbonyl (C=O) groups is 1. The smallest absolute Gasteiger partial charge is 0.313 e. The minimum atomic E-state index is -0.202. The largest absolute Gasteiger partial charge is 0.508 e. The Labute approximate surface area is 92.8 Å². The molecular weight excluding hydrogens is 208 g/mol. The second-order valence-corrected chi connectivity index (χ2v) is 4.11. The zero-order chi connectivity index (χ0) is 11.3. The van der Waals surface area contributed by atoms with Crippen molar-refractivity contribution >= 4 is 5.97 Å². The van der Waals surface area contributed by atoms with Crippen molar-refractivity contribution < 1.29 is 19.4 Å². The molecule has 3 atom stereocenters. The maximum Gasteiger partial charge on any atom is 0.313 e. The molecule has 1 fully saturated rings.